The van der Waals surface area contributed by atoms with Gasteiger partial charge in [-0.3, -0.25) is 14.9 Å². The van der Waals surface area contributed by atoms with Crippen LogP contribution in [0.2, 0.25) is 15.1 Å². The monoisotopic (exact) mass is 559 g/mol. The van der Waals surface area contributed by atoms with Crippen LogP contribution < -0.4 is 16.0 Å². The van der Waals surface area contributed by atoms with Crippen LogP contribution in [0.3, 0.4) is 0 Å². The molecule has 0 unspecified atom stereocenters. The number of carbonyl (C=O) groups excluding carboxylic acids is 2. The van der Waals surface area contributed by atoms with E-state index in [-0.39, 0.29) is 15.9 Å². The van der Waals surface area contributed by atoms with Gasteiger partial charge in [-0.25, -0.2) is 0 Å². The van der Waals surface area contributed by atoms with Gasteiger partial charge in [0.05, 0.1) is 22.0 Å². The zero-order chi connectivity index (χ0) is 25.7. The number of hydrogen-bond donors (Lipinski definition) is 3. The summed E-state index contributed by atoms with van der Waals surface area (Å²) >= 11 is 23.6. The molecule has 0 fully saturated rings. The summed E-state index contributed by atoms with van der Waals surface area (Å²) in [5, 5.41) is 9.33. The van der Waals surface area contributed by atoms with Gasteiger partial charge in [0.25, 0.3) is 5.91 Å². The Morgan fingerprint density at radius 2 is 1.75 bits per heavy atom. The van der Waals surface area contributed by atoms with Crippen LogP contribution in [-0.4, -0.2) is 16.9 Å². The number of furan rings is 2. The van der Waals surface area contributed by atoms with E-state index in [0.717, 1.165) is 0 Å². The Labute approximate surface area is 226 Å². The Balaban J connectivity index is 1.31. The highest BCUT2D eigenvalue weighted by Crippen LogP contribution is 2.32. The molecule has 182 valence electrons. The van der Waals surface area contributed by atoms with Gasteiger partial charge in [-0.15, -0.1) is 0 Å². The van der Waals surface area contributed by atoms with Crippen LogP contribution in [0.25, 0.3) is 17.4 Å². The average molecular weight is 561 g/mol. The molecule has 2 heterocycles. The van der Waals surface area contributed by atoms with E-state index in [0.29, 0.717) is 38.5 Å². The Hall–Kier alpha value is -3.56. The molecule has 36 heavy (non-hydrogen) atoms. The molecular formula is C25H16Cl3N3O4S. The average Bonchev–Trinajstić information content (AvgIpc) is 3.52. The van der Waals surface area contributed by atoms with Crippen LogP contribution >= 0.6 is 47.0 Å². The predicted molar refractivity (Wildman–Crippen MR) is 146 cm³/mol. The number of nitrogens with one attached hydrogen (secondary N) is 3. The van der Waals surface area contributed by atoms with Gasteiger partial charge in [0, 0.05) is 22.3 Å². The summed E-state index contributed by atoms with van der Waals surface area (Å²) in [6, 6.07) is 16.5. The van der Waals surface area contributed by atoms with Gasteiger partial charge < -0.3 is 19.5 Å². The van der Waals surface area contributed by atoms with Crippen molar-refractivity contribution in [3.8, 4) is 11.3 Å². The molecule has 0 aliphatic rings. The smallest absolute Gasteiger partial charge is 0.291 e. The Kier molecular flexibility index (Phi) is 8.12. The summed E-state index contributed by atoms with van der Waals surface area (Å²) in [5.41, 5.74) is 1.58. The number of carbonyl (C=O) groups is 2. The molecule has 3 N–H and O–H groups in total. The van der Waals surface area contributed by atoms with Crippen molar-refractivity contribution in [2.45, 2.75) is 0 Å². The lowest BCUT2D eigenvalue weighted by atomic mass is 10.2. The SMILES string of the molecule is O=C(/C=C/c1ccc(-c2ccc(Cl)cc2Cl)o1)NC(=S)Nc1ccc(NC(=O)c2ccco2)c(Cl)c1. The Morgan fingerprint density at radius 1 is 0.917 bits per heavy atom. The fourth-order valence-electron chi connectivity index (χ4n) is 3.04. The van der Waals surface area contributed by atoms with Crippen molar-refractivity contribution < 1.29 is 18.4 Å². The van der Waals surface area contributed by atoms with Crippen molar-refractivity contribution in [3.05, 3.63) is 99.6 Å². The van der Waals surface area contributed by atoms with Crippen molar-refractivity contribution in [1.82, 2.24) is 5.32 Å². The third-order valence-corrected chi connectivity index (χ3v) is 5.74. The zero-order valence-electron chi connectivity index (χ0n) is 18.2. The van der Waals surface area contributed by atoms with Crippen molar-refractivity contribution in [1.29, 1.82) is 0 Å². The van der Waals surface area contributed by atoms with Crippen molar-refractivity contribution >= 4 is 81.4 Å². The fraction of sp³-hybridized carbons (Fsp3) is 0. The van der Waals surface area contributed by atoms with E-state index < -0.39 is 11.8 Å². The second-order valence-corrected chi connectivity index (χ2v) is 8.89. The Morgan fingerprint density at radius 3 is 2.47 bits per heavy atom. The molecule has 0 saturated carbocycles. The lowest BCUT2D eigenvalue weighted by Gasteiger charge is -2.11. The first-order valence-electron chi connectivity index (χ1n) is 10.3. The van der Waals surface area contributed by atoms with Crippen LogP contribution in [0.4, 0.5) is 11.4 Å². The third kappa shape index (κ3) is 6.56. The number of anilines is 2. The molecule has 2 amide bonds. The second-order valence-electron chi connectivity index (χ2n) is 7.23. The van der Waals surface area contributed by atoms with Gasteiger partial charge in [-0.1, -0.05) is 34.8 Å². The van der Waals surface area contributed by atoms with Crippen LogP contribution in [0.5, 0.6) is 0 Å². The summed E-state index contributed by atoms with van der Waals surface area (Å²) in [6.45, 7) is 0. The maximum atomic E-state index is 12.3. The fourth-order valence-corrected chi connectivity index (χ4v) is 3.98. The molecule has 0 aliphatic heterocycles. The van der Waals surface area contributed by atoms with E-state index in [2.05, 4.69) is 16.0 Å². The maximum Gasteiger partial charge on any atom is 0.291 e. The first-order chi connectivity index (χ1) is 17.3. The molecule has 0 saturated heterocycles. The highest BCUT2D eigenvalue weighted by Gasteiger charge is 2.12. The standard InChI is InChI=1S/C25H16Cl3N3O4S/c26-14-3-7-17(18(27)12-14)21-9-5-16(35-21)6-10-23(32)31-25(36)29-15-4-8-20(19(28)13-15)30-24(33)22-2-1-11-34-22/h1-13H,(H,30,33)(H2,29,31,32,36)/b10-6+. The van der Waals surface area contributed by atoms with Gasteiger partial charge in [-0.2, -0.15) is 0 Å². The van der Waals surface area contributed by atoms with E-state index in [4.69, 9.17) is 55.9 Å². The van der Waals surface area contributed by atoms with E-state index in [1.165, 1.54) is 24.5 Å². The number of benzene rings is 2. The molecule has 2 aromatic heterocycles. The molecule has 0 aliphatic carbocycles. The molecule has 11 heteroatoms. The highest BCUT2D eigenvalue weighted by molar-refractivity contribution is 7.80. The topological polar surface area (TPSA) is 96.5 Å². The van der Waals surface area contributed by atoms with E-state index in [9.17, 15) is 9.59 Å². The largest absolute Gasteiger partial charge is 0.459 e. The molecule has 4 rings (SSSR count). The number of halogens is 3. The van der Waals surface area contributed by atoms with E-state index in [1.54, 1.807) is 54.6 Å². The summed E-state index contributed by atoms with van der Waals surface area (Å²) in [4.78, 5) is 24.4. The summed E-state index contributed by atoms with van der Waals surface area (Å²) < 4.78 is 10.8. The Bertz CT molecular complexity index is 1470. The number of amides is 2. The first-order valence-corrected chi connectivity index (χ1v) is 11.8. The highest BCUT2D eigenvalue weighted by atomic mass is 35.5. The zero-order valence-corrected chi connectivity index (χ0v) is 21.3. The predicted octanol–water partition coefficient (Wildman–Crippen LogP) is 7.28. The van der Waals surface area contributed by atoms with E-state index in [1.807, 2.05) is 0 Å². The number of thiocarbonyl (C=S) groups is 1. The van der Waals surface area contributed by atoms with Crippen LogP contribution in [0.15, 0.2) is 81.8 Å². The van der Waals surface area contributed by atoms with Gasteiger partial charge in [0.15, 0.2) is 10.9 Å². The van der Waals surface area contributed by atoms with Gasteiger partial charge >= 0.3 is 0 Å². The molecular weight excluding hydrogens is 545 g/mol. The van der Waals surface area contributed by atoms with Gasteiger partial charge in [0.1, 0.15) is 11.5 Å². The van der Waals surface area contributed by atoms with Crippen LogP contribution in [-0.2, 0) is 4.79 Å². The summed E-state index contributed by atoms with van der Waals surface area (Å²) in [6.07, 6.45) is 4.18. The van der Waals surface area contributed by atoms with Crippen LogP contribution in [0, 0.1) is 0 Å². The minimum absolute atomic E-state index is 0.0566. The maximum absolute atomic E-state index is 12.3. The summed E-state index contributed by atoms with van der Waals surface area (Å²) in [7, 11) is 0. The number of rotatable bonds is 6. The van der Waals surface area contributed by atoms with E-state index >= 15 is 0 Å². The molecule has 0 spiro atoms. The van der Waals surface area contributed by atoms with Gasteiger partial charge in [-0.05, 0) is 79.0 Å². The molecule has 0 bridgehead atoms. The minimum Gasteiger partial charge on any atom is -0.459 e. The lowest BCUT2D eigenvalue weighted by molar-refractivity contribution is -0.115. The van der Waals surface area contributed by atoms with Crippen molar-refractivity contribution in [2.75, 3.05) is 10.6 Å². The molecule has 7 nitrogen and oxygen atoms in total. The molecule has 0 atom stereocenters. The normalized spacial score (nSPS) is 10.9. The molecule has 4 aromatic rings. The first kappa shape index (κ1) is 25.5. The molecule has 0 radical (unpaired) electrons. The molecule has 2 aromatic carbocycles. The lowest BCUT2D eigenvalue weighted by Crippen LogP contribution is -2.32. The second kappa shape index (κ2) is 11.5. The quantitative estimate of drug-likeness (QED) is 0.169. The van der Waals surface area contributed by atoms with Crippen molar-refractivity contribution in [2.24, 2.45) is 0 Å². The van der Waals surface area contributed by atoms with Crippen molar-refractivity contribution in [3.63, 3.8) is 0 Å². The van der Waals surface area contributed by atoms with Gasteiger partial charge in [0.2, 0.25) is 5.91 Å². The third-order valence-electron chi connectivity index (χ3n) is 4.68. The minimum atomic E-state index is -0.469. The summed E-state index contributed by atoms with van der Waals surface area (Å²) in [5.74, 6) is 0.240. The van der Waals surface area contributed by atoms with Crippen LogP contribution in [0.1, 0.15) is 16.3 Å². The number of hydrogen-bond acceptors (Lipinski definition) is 5.